The van der Waals surface area contributed by atoms with E-state index >= 15 is 0 Å². The van der Waals surface area contributed by atoms with Crippen LogP contribution in [0.25, 0.3) is 0 Å². The lowest BCUT2D eigenvalue weighted by Gasteiger charge is -2.11. The van der Waals surface area contributed by atoms with Crippen molar-refractivity contribution in [2.45, 2.75) is 13.0 Å². The van der Waals surface area contributed by atoms with E-state index < -0.39 is 15.9 Å². The molecule has 0 heterocycles. The summed E-state index contributed by atoms with van der Waals surface area (Å²) in [5.74, 6) is -0.536. The number of rotatable bonds is 3. The lowest BCUT2D eigenvalue weighted by atomic mass is 10.1. The standard InChI is InChI=1S/C10H14FNO2S/c1-7-3-4-8(5-9(7)11)10(12)6-15(2,13)14/h3-5,10H,6,12H2,1-2H3. The average molecular weight is 231 g/mol. The van der Waals surface area contributed by atoms with Gasteiger partial charge in [-0.05, 0) is 24.1 Å². The van der Waals surface area contributed by atoms with E-state index in [0.717, 1.165) is 6.26 Å². The molecule has 0 aliphatic carbocycles. The molecule has 0 aromatic heterocycles. The van der Waals surface area contributed by atoms with Gasteiger partial charge in [-0.2, -0.15) is 0 Å². The van der Waals surface area contributed by atoms with Crippen molar-refractivity contribution in [3.8, 4) is 0 Å². The fraction of sp³-hybridized carbons (Fsp3) is 0.400. The highest BCUT2D eigenvalue weighted by molar-refractivity contribution is 7.90. The summed E-state index contributed by atoms with van der Waals surface area (Å²) in [4.78, 5) is 0. The van der Waals surface area contributed by atoms with Crippen molar-refractivity contribution < 1.29 is 12.8 Å². The first-order valence-corrected chi connectivity index (χ1v) is 6.55. The molecule has 1 unspecified atom stereocenters. The molecule has 0 bridgehead atoms. The SMILES string of the molecule is Cc1ccc(C(N)CS(C)(=O)=O)cc1F. The van der Waals surface area contributed by atoms with Crippen molar-refractivity contribution >= 4 is 9.84 Å². The van der Waals surface area contributed by atoms with E-state index in [-0.39, 0.29) is 11.6 Å². The summed E-state index contributed by atoms with van der Waals surface area (Å²) in [6, 6.07) is 3.85. The van der Waals surface area contributed by atoms with Crippen LogP contribution in [0.5, 0.6) is 0 Å². The number of benzene rings is 1. The molecular weight excluding hydrogens is 217 g/mol. The summed E-state index contributed by atoms with van der Waals surface area (Å²) in [6.07, 6.45) is 1.11. The average Bonchev–Trinajstić information content (AvgIpc) is 2.06. The minimum atomic E-state index is -3.14. The molecule has 0 fully saturated rings. The zero-order valence-corrected chi connectivity index (χ0v) is 9.51. The van der Waals surface area contributed by atoms with E-state index in [1.165, 1.54) is 6.07 Å². The van der Waals surface area contributed by atoms with Gasteiger partial charge in [-0.25, -0.2) is 12.8 Å². The first-order chi connectivity index (χ1) is 6.79. The van der Waals surface area contributed by atoms with Gasteiger partial charge in [0.15, 0.2) is 0 Å². The predicted octanol–water partition coefficient (Wildman–Crippen LogP) is 1.18. The Labute approximate surface area is 89.0 Å². The highest BCUT2D eigenvalue weighted by atomic mass is 32.2. The number of hydrogen-bond acceptors (Lipinski definition) is 3. The molecule has 3 nitrogen and oxygen atoms in total. The third-order valence-electron chi connectivity index (χ3n) is 2.11. The minimum absolute atomic E-state index is 0.171. The van der Waals surface area contributed by atoms with E-state index in [4.69, 9.17) is 5.73 Å². The number of nitrogens with two attached hydrogens (primary N) is 1. The Bertz CT molecular complexity index is 456. The van der Waals surface area contributed by atoms with E-state index in [1.54, 1.807) is 19.1 Å². The lowest BCUT2D eigenvalue weighted by molar-refractivity contribution is 0.591. The molecule has 0 aliphatic rings. The minimum Gasteiger partial charge on any atom is -0.323 e. The topological polar surface area (TPSA) is 60.2 Å². The fourth-order valence-corrected chi connectivity index (χ4v) is 2.11. The quantitative estimate of drug-likeness (QED) is 0.849. The van der Waals surface area contributed by atoms with Crippen LogP contribution < -0.4 is 5.73 Å². The van der Waals surface area contributed by atoms with Crippen LogP contribution in [0.3, 0.4) is 0 Å². The van der Waals surface area contributed by atoms with Gasteiger partial charge in [0.1, 0.15) is 15.7 Å². The first-order valence-electron chi connectivity index (χ1n) is 4.49. The van der Waals surface area contributed by atoms with Crippen molar-refractivity contribution in [1.82, 2.24) is 0 Å². The van der Waals surface area contributed by atoms with Crippen LogP contribution in [-0.4, -0.2) is 20.4 Å². The zero-order valence-electron chi connectivity index (χ0n) is 8.70. The normalized spacial score (nSPS) is 13.9. The monoisotopic (exact) mass is 231 g/mol. The zero-order chi connectivity index (χ0) is 11.6. The molecule has 0 saturated heterocycles. The Morgan fingerprint density at radius 1 is 1.47 bits per heavy atom. The summed E-state index contributed by atoms with van der Waals surface area (Å²) in [6.45, 7) is 1.64. The van der Waals surface area contributed by atoms with Crippen molar-refractivity contribution in [2.24, 2.45) is 5.73 Å². The van der Waals surface area contributed by atoms with Gasteiger partial charge in [0, 0.05) is 12.3 Å². The Morgan fingerprint density at radius 3 is 2.53 bits per heavy atom. The largest absolute Gasteiger partial charge is 0.323 e. The molecular formula is C10H14FNO2S. The fourth-order valence-electron chi connectivity index (χ4n) is 1.26. The van der Waals surface area contributed by atoms with Gasteiger partial charge in [-0.15, -0.1) is 0 Å². The summed E-state index contributed by atoms with van der Waals surface area (Å²) in [7, 11) is -3.14. The Balaban J connectivity index is 2.92. The molecule has 0 saturated carbocycles. The van der Waals surface area contributed by atoms with Crippen molar-refractivity contribution in [2.75, 3.05) is 12.0 Å². The smallest absolute Gasteiger partial charge is 0.149 e. The third-order valence-corrected chi connectivity index (χ3v) is 3.07. The van der Waals surface area contributed by atoms with Gasteiger partial charge < -0.3 is 5.73 Å². The predicted molar refractivity (Wildman–Crippen MR) is 57.8 cm³/mol. The Hall–Kier alpha value is -0.940. The second-order valence-electron chi connectivity index (χ2n) is 3.71. The first kappa shape index (κ1) is 12.1. The van der Waals surface area contributed by atoms with Gasteiger partial charge in [-0.1, -0.05) is 12.1 Å². The van der Waals surface area contributed by atoms with Crippen molar-refractivity contribution in [1.29, 1.82) is 0 Å². The highest BCUT2D eigenvalue weighted by Crippen LogP contribution is 2.16. The molecule has 1 aromatic rings. The molecule has 0 amide bonds. The van der Waals surface area contributed by atoms with E-state index in [9.17, 15) is 12.8 Å². The maximum atomic E-state index is 13.2. The maximum Gasteiger partial charge on any atom is 0.149 e. The molecule has 1 rings (SSSR count). The summed E-state index contributed by atoms with van der Waals surface area (Å²) >= 11 is 0. The van der Waals surface area contributed by atoms with E-state index in [0.29, 0.717) is 11.1 Å². The van der Waals surface area contributed by atoms with Crippen molar-refractivity contribution in [3.05, 3.63) is 35.1 Å². The second kappa shape index (κ2) is 4.28. The van der Waals surface area contributed by atoms with Crippen LogP contribution in [0.1, 0.15) is 17.2 Å². The maximum absolute atomic E-state index is 13.2. The van der Waals surface area contributed by atoms with Gasteiger partial charge in [0.05, 0.1) is 5.75 Å². The highest BCUT2D eigenvalue weighted by Gasteiger charge is 2.13. The van der Waals surface area contributed by atoms with Crippen LogP contribution in [-0.2, 0) is 9.84 Å². The van der Waals surface area contributed by atoms with Crippen LogP contribution in [0, 0.1) is 12.7 Å². The molecule has 0 spiro atoms. The van der Waals surface area contributed by atoms with Crippen LogP contribution in [0.4, 0.5) is 4.39 Å². The molecule has 1 atom stereocenters. The van der Waals surface area contributed by atoms with Crippen LogP contribution >= 0.6 is 0 Å². The Kier molecular flexibility index (Phi) is 3.46. The number of halogens is 1. The third kappa shape index (κ3) is 3.60. The Morgan fingerprint density at radius 2 is 2.07 bits per heavy atom. The number of hydrogen-bond donors (Lipinski definition) is 1. The van der Waals surface area contributed by atoms with Gasteiger partial charge in [0.25, 0.3) is 0 Å². The van der Waals surface area contributed by atoms with Crippen LogP contribution in [0.2, 0.25) is 0 Å². The van der Waals surface area contributed by atoms with E-state index in [2.05, 4.69) is 0 Å². The van der Waals surface area contributed by atoms with Crippen LogP contribution in [0.15, 0.2) is 18.2 Å². The summed E-state index contributed by atoms with van der Waals surface area (Å²) < 4.78 is 35.2. The molecule has 0 radical (unpaired) electrons. The van der Waals surface area contributed by atoms with Gasteiger partial charge in [0.2, 0.25) is 0 Å². The summed E-state index contributed by atoms with van der Waals surface area (Å²) in [5.41, 5.74) is 6.68. The lowest BCUT2D eigenvalue weighted by Crippen LogP contribution is -2.21. The van der Waals surface area contributed by atoms with Gasteiger partial charge in [-0.3, -0.25) is 0 Å². The second-order valence-corrected chi connectivity index (χ2v) is 5.89. The molecule has 0 aliphatic heterocycles. The number of sulfone groups is 1. The molecule has 15 heavy (non-hydrogen) atoms. The number of aryl methyl sites for hydroxylation is 1. The van der Waals surface area contributed by atoms with E-state index in [1.807, 2.05) is 0 Å². The molecule has 5 heteroatoms. The van der Waals surface area contributed by atoms with Gasteiger partial charge >= 0.3 is 0 Å². The molecule has 1 aromatic carbocycles. The summed E-state index contributed by atoms with van der Waals surface area (Å²) in [5, 5.41) is 0. The van der Waals surface area contributed by atoms with Crippen molar-refractivity contribution in [3.63, 3.8) is 0 Å². The molecule has 84 valence electrons. The molecule has 2 N–H and O–H groups in total.